The van der Waals surface area contributed by atoms with Gasteiger partial charge in [-0.25, -0.2) is 4.79 Å². The van der Waals surface area contributed by atoms with Crippen LogP contribution in [0.3, 0.4) is 0 Å². The van der Waals surface area contributed by atoms with Crippen LogP contribution in [0.15, 0.2) is 62.4 Å². The van der Waals surface area contributed by atoms with E-state index in [0.717, 1.165) is 12.8 Å². The number of benzene rings is 1. The Morgan fingerprint density at radius 1 is 1.22 bits per heavy atom. The van der Waals surface area contributed by atoms with Gasteiger partial charge in [0.05, 0.1) is 13.4 Å². The van der Waals surface area contributed by atoms with Gasteiger partial charge >= 0.3 is 5.63 Å². The summed E-state index contributed by atoms with van der Waals surface area (Å²) in [6.07, 6.45) is 6.26. The SMILES string of the molecule is COc1cccc2cc(C(=O)NCC3CCN(C(=O)C=Cc4ccco4)CC3)c(=O)oc12. The molecule has 1 aliphatic heterocycles. The molecule has 0 saturated carbocycles. The van der Waals surface area contributed by atoms with Crippen molar-refractivity contribution >= 4 is 28.9 Å². The van der Waals surface area contributed by atoms with Gasteiger partial charge in [-0.05, 0) is 49.1 Å². The average molecular weight is 436 g/mol. The minimum atomic E-state index is -0.705. The van der Waals surface area contributed by atoms with Gasteiger partial charge in [0.1, 0.15) is 11.3 Å². The van der Waals surface area contributed by atoms with E-state index in [4.69, 9.17) is 13.6 Å². The highest BCUT2D eigenvalue weighted by atomic mass is 16.5. The summed E-state index contributed by atoms with van der Waals surface area (Å²) in [5, 5.41) is 3.44. The number of nitrogens with one attached hydrogen (secondary N) is 1. The molecular weight excluding hydrogens is 412 g/mol. The van der Waals surface area contributed by atoms with Crippen LogP contribution < -0.4 is 15.7 Å². The highest BCUT2D eigenvalue weighted by Crippen LogP contribution is 2.24. The molecule has 1 aliphatic rings. The Kier molecular flexibility index (Phi) is 6.39. The molecule has 2 aromatic heterocycles. The van der Waals surface area contributed by atoms with Crippen LogP contribution in [0, 0.1) is 5.92 Å². The summed E-state index contributed by atoms with van der Waals surface area (Å²) < 4.78 is 15.7. The maximum atomic E-state index is 12.6. The number of likely N-dealkylation sites (tertiary alicyclic amines) is 1. The molecule has 3 aromatic rings. The van der Waals surface area contributed by atoms with Crippen LogP contribution in [0.2, 0.25) is 0 Å². The molecule has 1 saturated heterocycles. The van der Waals surface area contributed by atoms with Gasteiger partial charge < -0.3 is 23.8 Å². The standard InChI is InChI=1S/C24H24N2O6/c1-30-20-6-2-4-17-14-19(24(29)32-22(17)20)23(28)25-15-16-9-11-26(12-10-16)21(27)8-7-18-5-3-13-31-18/h2-8,13-14,16H,9-12,15H2,1H3,(H,25,28). The van der Waals surface area contributed by atoms with Gasteiger partial charge in [0.25, 0.3) is 5.91 Å². The zero-order valence-electron chi connectivity index (χ0n) is 17.7. The van der Waals surface area contributed by atoms with E-state index in [0.29, 0.717) is 42.1 Å². The summed E-state index contributed by atoms with van der Waals surface area (Å²) in [6, 6.07) is 10.3. The second-order valence-corrected chi connectivity index (χ2v) is 7.65. The molecule has 0 bridgehead atoms. The first-order valence-corrected chi connectivity index (χ1v) is 10.4. The lowest BCUT2D eigenvalue weighted by Gasteiger charge is -2.31. The monoisotopic (exact) mass is 436 g/mol. The van der Waals surface area contributed by atoms with Gasteiger partial charge in [-0.3, -0.25) is 9.59 Å². The van der Waals surface area contributed by atoms with Gasteiger partial charge in [0.15, 0.2) is 11.3 Å². The molecule has 0 aliphatic carbocycles. The number of rotatable bonds is 6. The third kappa shape index (κ3) is 4.74. The number of ether oxygens (including phenoxy) is 1. The summed E-state index contributed by atoms with van der Waals surface area (Å²) in [5.41, 5.74) is -0.431. The smallest absolute Gasteiger partial charge is 0.349 e. The molecule has 0 radical (unpaired) electrons. The van der Waals surface area contributed by atoms with Crippen LogP contribution in [0.1, 0.15) is 29.0 Å². The third-order valence-corrected chi connectivity index (χ3v) is 5.60. The van der Waals surface area contributed by atoms with Crippen molar-refractivity contribution in [1.29, 1.82) is 0 Å². The molecule has 8 nitrogen and oxygen atoms in total. The normalized spacial score (nSPS) is 14.7. The maximum absolute atomic E-state index is 12.6. The number of hydrogen-bond acceptors (Lipinski definition) is 6. The lowest BCUT2D eigenvalue weighted by molar-refractivity contribution is -0.127. The molecule has 0 atom stereocenters. The van der Waals surface area contributed by atoms with Crippen molar-refractivity contribution in [3.05, 3.63) is 70.5 Å². The van der Waals surface area contributed by atoms with Crippen molar-refractivity contribution < 1.29 is 23.2 Å². The number of piperidine rings is 1. The van der Waals surface area contributed by atoms with Gasteiger partial charge in [0.2, 0.25) is 5.91 Å². The highest BCUT2D eigenvalue weighted by Gasteiger charge is 2.23. The van der Waals surface area contributed by atoms with Crippen LogP contribution in [0.25, 0.3) is 17.0 Å². The number of fused-ring (bicyclic) bond motifs is 1. The molecule has 0 spiro atoms. The maximum Gasteiger partial charge on any atom is 0.349 e. The van der Waals surface area contributed by atoms with E-state index in [9.17, 15) is 14.4 Å². The van der Waals surface area contributed by atoms with E-state index in [1.54, 1.807) is 47.6 Å². The Balaban J connectivity index is 1.31. The van der Waals surface area contributed by atoms with Gasteiger partial charge in [0, 0.05) is 31.1 Å². The second-order valence-electron chi connectivity index (χ2n) is 7.65. The van der Waals surface area contributed by atoms with Crippen LogP contribution in [0.5, 0.6) is 5.75 Å². The molecule has 1 fully saturated rings. The Morgan fingerprint density at radius 3 is 2.75 bits per heavy atom. The Morgan fingerprint density at radius 2 is 2.03 bits per heavy atom. The fraction of sp³-hybridized carbons (Fsp3) is 0.292. The Labute approximate surface area is 184 Å². The average Bonchev–Trinajstić information content (AvgIpc) is 3.34. The van der Waals surface area contributed by atoms with Crippen molar-refractivity contribution in [2.24, 2.45) is 5.92 Å². The van der Waals surface area contributed by atoms with Crippen molar-refractivity contribution in [3.63, 3.8) is 0 Å². The molecule has 1 aromatic carbocycles. The quantitative estimate of drug-likeness (QED) is 0.471. The van der Waals surface area contributed by atoms with E-state index >= 15 is 0 Å². The summed E-state index contributed by atoms with van der Waals surface area (Å²) in [4.78, 5) is 39.0. The van der Waals surface area contributed by atoms with Crippen LogP contribution in [-0.4, -0.2) is 43.5 Å². The van der Waals surface area contributed by atoms with Gasteiger partial charge in [-0.2, -0.15) is 0 Å². The molecule has 32 heavy (non-hydrogen) atoms. The number of para-hydroxylation sites is 1. The fourth-order valence-corrected chi connectivity index (χ4v) is 3.77. The van der Waals surface area contributed by atoms with Crippen LogP contribution in [-0.2, 0) is 4.79 Å². The third-order valence-electron chi connectivity index (χ3n) is 5.60. The number of hydrogen-bond donors (Lipinski definition) is 1. The second kappa shape index (κ2) is 9.55. The fourth-order valence-electron chi connectivity index (χ4n) is 3.77. The predicted molar refractivity (Wildman–Crippen MR) is 118 cm³/mol. The summed E-state index contributed by atoms with van der Waals surface area (Å²) in [7, 11) is 1.49. The molecule has 8 heteroatoms. The van der Waals surface area contributed by atoms with Crippen molar-refractivity contribution in [1.82, 2.24) is 10.2 Å². The van der Waals surface area contributed by atoms with Gasteiger partial charge in [-0.15, -0.1) is 0 Å². The minimum absolute atomic E-state index is 0.0403. The summed E-state index contributed by atoms with van der Waals surface area (Å²) >= 11 is 0. The number of methoxy groups -OCH3 is 1. The molecule has 166 valence electrons. The Bertz CT molecular complexity index is 1190. The number of carbonyl (C=O) groups is 2. The minimum Gasteiger partial charge on any atom is -0.493 e. The Hall–Kier alpha value is -3.81. The largest absolute Gasteiger partial charge is 0.493 e. The first kappa shape index (κ1) is 21.4. The van der Waals surface area contributed by atoms with Crippen LogP contribution >= 0.6 is 0 Å². The molecule has 2 amide bonds. The number of nitrogens with zero attached hydrogens (tertiary/aromatic N) is 1. The first-order chi connectivity index (χ1) is 15.5. The van der Waals surface area contributed by atoms with E-state index in [-0.39, 0.29) is 17.4 Å². The van der Waals surface area contributed by atoms with E-state index in [2.05, 4.69) is 5.32 Å². The summed E-state index contributed by atoms with van der Waals surface area (Å²) in [6.45, 7) is 1.65. The topological polar surface area (TPSA) is 102 Å². The van der Waals surface area contributed by atoms with Crippen molar-refractivity contribution in [2.75, 3.05) is 26.7 Å². The van der Waals surface area contributed by atoms with Gasteiger partial charge in [-0.1, -0.05) is 12.1 Å². The number of amides is 2. The van der Waals surface area contributed by atoms with E-state index in [1.165, 1.54) is 19.3 Å². The number of furan rings is 1. The lowest BCUT2D eigenvalue weighted by Crippen LogP contribution is -2.41. The molecule has 0 unspecified atom stereocenters. The zero-order chi connectivity index (χ0) is 22.5. The lowest BCUT2D eigenvalue weighted by atomic mass is 9.96. The van der Waals surface area contributed by atoms with E-state index < -0.39 is 11.5 Å². The zero-order valence-corrected chi connectivity index (χ0v) is 17.7. The molecule has 1 N–H and O–H groups in total. The summed E-state index contributed by atoms with van der Waals surface area (Å²) in [5.74, 6) is 0.764. The molecule has 3 heterocycles. The predicted octanol–water partition coefficient (Wildman–Crippen LogP) is 3.08. The van der Waals surface area contributed by atoms with E-state index in [1.807, 2.05) is 0 Å². The number of carbonyl (C=O) groups excluding carboxylic acids is 2. The van der Waals surface area contributed by atoms with Crippen molar-refractivity contribution in [3.8, 4) is 5.75 Å². The first-order valence-electron chi connectivity index (χ1n) is 10.4. The molecular formula is C24H24N2O6. The molecule has 4 rings (SSSR count). The van der Waals surface area contributed by atoms with Crippen molar-refractivity contribution in [2.45, 2.75) is 12.8 Å². The van der Waals surface area contributed by atoms with Crippen LogP contribution in [0.4, 0.5) is 0 Å². The highest BCUT2D eigenvalue weighted by molar-refractivity contribution is 5.97.